The third-order valence-corrected chi connectivity index (χ3v) is 6.11. The van der Waals surface area contributed by atoms with Gasteiger partial charge in [-0.2, -0.15) is 5.10 Å². The smallest absolute Gasteiger partial charge is 0.275 e. The van der Waals surface area contributed by atoms with Gasteiger partial charge in [0.2, 0.25) is 5.95 Å². The summed E-state index contributed by atoms with van der Waals surface area (Å²) in [6, 6.07) is 12.0. The summed E-state index contributed by atoms with van der Waals surface area (Å²) in [6.07, 6.45) is 3.41. The largest absolute Gasteiger partial charge is 0.347 e. The van der Waals surface area contributed by atoms with Gasteiger partial charge in [-0.25, -0.2) is 14.4 Å². The topological polar surface area (TPSA) is 78.0 Å². The molecule has 5 rings (SSSR count). The van der Waals surface area contributed by atoms with Crippen molar-refractivity contribution in [1.29, 1.82) is 0 Å². The second kappa shape index (κ2) is 8.27. The first-order valence-electron chi connectivity index (χ1n) is 11.0. The van der Waals surface area contributed by atoms with Gasteiger partial charge in [0.1, 0.15) is 5.82 Å². The van der Waals surface area contributed by atoms with Crippen molar-refractivity contribution < 1.29 is 9.18 Å². The molecule has 1 aliphatic rings. The maximum Gasteiger partial charge on any atom is 0.275 e. The average Bonchev–Trinajstić information content (AvgIpc) is 3.46. The molecule has 1 fully saturated rings. The first-order chi connectivity index (χ1) is 15.9. The number of H-pyrrole nitrogens is 1. The van der Waals surface area contributed by atoms with Gasteiger partial charge in [0, 0.05) is 37.8 Å². The summed E-state index contributed by atoms with van der Waals surface area (Å²) in [5, 5.41) is 8.14. The molecule has 0 bridgehead atoms. The lowest BCUT2D eigenvalue weighted by Crippen LogP contribution is -2.32. The number of amides is 1. The standard InChI is InChI=1S/C25H25FN6O/c1-15-6-11-20-18(13-15)23(30-29-20)24(33)32-12-4-5-21(32)22-19(14-27-25(28-22)31(2)3)16-7-9-17(26)10-8-16/h6-11,13-14,21H,4-5,12H2,1-3H3,(H,29,30). The SMILES string of the molecule is Cc1ccc2[nH]nc(C(=O)N3CCCC3c3nc(N(C)C)ncc3-c3ccc(F)cc3)c2c1. The number of aryl methyl sites for hydroxylation is 1. The highest BCUT2D eigenvalue weighted by molar-refractivity contribution is 6.05. The van der Waals surface area contributed by atoms with E-state index >= 15 is 0 Å². The van der Waals surface area contributed by atoms with Crippen molar-refractivity contribution in [3.05, 3.63) is 71.4 Å². The van der Waals surface area contributed by atoms with Crippen molar-refractivity contribution in [1.82, 2.24) is 25.1 Å². The van der Waals surface area contributed by atoms with Gasteiger partial charge in [0.25, 0.3) is 5.91 Å². The van der Waals surface area contributed by atoms with Crippen LogP contribution in [0, 0.1) is 12.7 Å². The Hall–Kier alpha value is -3.81. The summed E-state index contributed by atoms with van der Waals surface area (Å²) in [7, 11) is 3.76. The van der Waals surface area contributed by atoms with Gasteiger partial charge < -0.3 is 9.80 Å². The fraction of sp³-hybridized carbons (Fsp3) is 0.280. The third kappa shape index (κ3) is 3.82. The first-order valence-corrected chi connectivity index (χ1v) is 11.0. The Kier molecular flexibility index (Phi) is 5.28. The normalized spacial score (nSPS) is 15.9. The number of rotatable bonds is 4. The summed E-state index contributed by atoms with van der Waals surface area (Å²) in [4.78, 5) is 26.7. The molecule has 0 saturated carbocycles. The number of halogens is 1. The van der Waals surface area contributed by atoms with E-state index in [1.165, 1.54) is 12.1 Å². The molecule has 7 nitrogen and oxygen atoms in total. The molecule has 0 spiro atoms. The third-order valence-electron chi connectivity index (χ3n) is 6.11. The molecule has 1 N–H and O–H groups in total. The van der Waals surface area contributed by atoms with Crippen LogP contribution in [0.3, 0.4) is 0 Å². The fourth-order valence-electron chi connectivity index (χ4n) is 4.43. The van der Waals surface area contributed by atoms with Crippen LogP contribution in [0.25, 0.3) is 22.0 Å². The van der Waals surface area contributed by atoms with Gasteiger partial charge >= 0.3 is 0 Å². The molecule has 1 saturated heterocycles. The second-order valence-corrected chi connectivity index (χ2v) is 8.65. The Morgan fingerprint density at radius 3 is 2.73 bits per heavy atom. The number of nitrogens with zero attached hydrogens (tertiary/aromatic N) is 5. The van der Waals surface area contributed by atoms with E-state index in [4.69, 9.17) is 4.98 Å². The van der Waals surface area contributed by atoms with Crippen LogP contribution in [0.5, 0.6) is 0 Å². The van der Waals surface area contributed by atoms with E-state index < -0.39 is 0 Å². The number of anilines is 1. The van der Waals surface area contributed by atoms with Crippen LogP contribution in [-0.2, 0) is 0 Å². The fourth-order valence-corrected chi connectivity index (χ4v) is 4.43. The lowest BCUT2D eigenvalue weighted by molar-refractivity contribution is 0.0729. The minimum Gasteiger partial charge on any atom is -0.347 e. The molecule has 2 aromatic carbocycles. The van der Waals surface area contributed by atoms with Crippen molar-refractivity contribution in [2.24, 2.45) is 0 Å². The molecule has 8 heteroatoms. The highest BCUT2D eigenvalue weighted by atomic mass is 19.1. The Balaban J connectivity index is 1.58. The zero-order valence-electron chi connectivity index (χ0n) is 18.8. The zero-order chi connectivity index (χ0) is 23.1. The number of carbonyl (C=O) groups is 1. The van der Waals surface area contributed by atoms with E-state index in [1.807, 2.05) is 49.0 Å². The molecule has 3 heterocycles. The number of benzene rings is 2. The van der Waals surface area contributed by atoms with E-state index in [0.29, 0.717) is 18.2 Å². The van der Waals surface area contributed by atoms with Crippen LogP contribution in [-0.4, -0.2) is 51.6 Å². The molecule has 4 aromatic rings. The van der Waals surface area contributed by atoms with Gasteiger partial charge in [-0.1, -0.05) is 23.8 Å². The van der Waals surface area contributed by atoms with E-state index in [1.54, 1.807) is 18.3 Å². The summed E-state index contributed by atoms with van der Waals surface area (Å²) < 4.78 is 13.6. The molecule has 2 aromatic heterocycles. The van der Waals surface area contributed by atoms with Crippen LogP contribution < -0.4 is 4.90 Å². The van der Waals surface area contributed by atoms with Crippen LogP contribution >= 0.6 is 0 Å². The Morgan fingerprint density at radius 1 is 1.18 bits per heavy atom. The number of aromatic nitrogens is 4. The second-order valence-electron chi connectivity index (χ2n) is 8.65. The lowest BCUT2D eigenvalue weighted by atomic mass is 9.99. The Labute approximate surface area is 191 Å². The molecule has 0 radical (unpaired) electrons. The van der Waals surface area contributed by atoms with Gasteiger partial charge in [0.15, 0.2) is 5.69 Å². The van der Waals surface area contributed by atoms with Crippen molar-refractivity contribution in [2.75, 3.05) is 25.5 Å². The van der Waals surface area contributed by atoms with Gasteiger partial charge in [0.05, 0.1) is 17.3 Å². The minimum atomic E-state index is -0.301. The highest BCUT2D eigenvalue weighted by Gasteiger charge is 2.35. The number of carbonyl (C=O) groups excluding carboxylic acids is 1. The van der Waals surface area contributed by atoms with Gasteiger partial charge in [-0.3, -0.25) is 9.89 Å². The molecule has 1 atom stereocenters. The van der Waals surface area contributed by atoms with Crippen molar-refractivity contribution in [2.45, 2.75) is 25.8 Å². The maximum absolute atomic E-state index is 13.7. The van der Waals surface area contributed by atoms with Crippen LogP contribution in [0.2, 0.25) is 0 Å². The minimum absolute atomic E-state index is 0.121. The molecule has 33 heavy (non-hydrogen) atoms. The molecule has 0 aliphatic carbocycles. The lowest BCUT2D eigenvalue weighted by Gasteiger charge is -2.26. The molecule has 1 amide bonds. The van der Waals surface area contributed by atoms with Crippen LogP contribution in [0.15, 0.2) is 48.7 Å². The van der Waals surface area contributed by atoms with Crippen molar-refractivity contribution in [3.8, 4) is 11.1 Å². The van der Waals surface area contributed by atoms with Crippen molar-refractivity contribution >= 4 is 22.8 Å². The van der Waals surface area contributed by atoms with Gasteiger partial charge in [-0.05, 0) is 49.6 Å². The van der Waals surface area contributed by atoms with Gasteiger partial charge in [-0.15, -0.1) is 0 Å². The summed E-state index contributed by atoms with van der Waals surface area (Å²) >= 11 is 0. The number of hydrogen-bond donors (Lipinski definition) is 1. The van der Waals surface area contributed by atoms with Crippen LogP contribution in [0.1, 0.15) is 40.6 Å². The Bertz CT molecular complexity index is 1330. The summed E-state index contributed by atoms with van der Waals surface area (Å²) in [5.41, 5.74) is 4.71. The summed E-state index contributed by atoms with van der Waals surface area (Å²) in [5.74, 6) is 0.143. The molecule has 1 unspecified atom stereocenters. The predicted molar refractivity (Wildman–Crippen MR) is 126 cm³/mol. The van der Waals surface area contributed by atoms with E-state index in [2.05, 4.69) is 15.2 Å². The average molecular weight is 445 g/mol. The molecular formula is C25H25FN6O. The first kappa shape index (κ1) is 21.1. The van der Waals surface area contributed by atoms with E-state index in [0.717, 1.165) is 46.1 Å². The monoisotopic (exact) mass is 444 g/mol. The number of nitrogens with one attached hydrogen (secondary N) is 1. The number of aromatic amines is 1. The molecular weight excluding hydrogens is 419 g/mol. The Morgan fingerprint density at radius 2 is 1.97 bits per heavy atom. The zero-order valence-corrected chi connectivity index (χ0v) is 18.8. The summed E-state index contributed by atoms with van der Waals surface area (Å²) in [6.45, 7) is 2.62. The number of likely N-dealkylation sites (tertiary alicyclic amines) is 1. The van der Waals surface area contributed by atoms with E-state index in [-0.39, 0.29) is 17.8 Å². The highest BCUT2D eigenvalue weighted by Crippen LogP contribution is 2.38. The predicted octanol–water partition coefficient (Wildman–Crippen LogP) is 4.51. The number of hydrogen-bond acceptors (Lipinski definition) is 5. The molecule has 168 valence electrons. The number of fused-ring (bicyclic) bond motifs is 1. The van der Waals surface area contributed by atoms with Crippen molar-refractivity contribution in [3.63, 3.8) is 0 Å². The quantitative estimate of drug-likeness (QED) is 0.501. The molecule has 1 aliphatic heterocycles. The van der Waals surface area contributed by atoms with E-state index in [9.17, 15) is 9.18 Å². The van der Waals surface area contributed by atoms with Crippen LogP contribution in [0.4, 0.5) is 10.3 Å². The maximum atomic E-state index is 13.7.